The van der Waals surface area contributed by atoms with Gasteiger partial charge in [-0.2, -0.15) is 0 Å². The fourth-order valence-corrected chi connectivity index (χ4v) is 6.25. The highest BCUT2D eigenvalue weighted by Gasteiger charge is 2.37. The number of rotatable bonds is 6. The normalized spacial score (nSPS) is 16.1. The topological polar surface area (TPSA) is 171 Å². The summed E-state index contributed by atoms with van der Waals surface area (Å²) in [5, 5.41) is 10.4. The van der Waals surface area contributed by atoms with Crippen LogP contribution >= 0.6 is 11.3 Å². The Kier molecular flexibility index (Phi) is 6.58. The maximum Gasteiger partial charge on any atom is 0.295 e. The first-order chi connectivity index (χ1) is 19.7. The Morgan fingerprint density at radius 3 is 2.85 bits per heavy atom. The van der Waals surface area contributed by atoms with Crippen molar-refractivity contribution in [2.75, 3.05) is 11.1 Å². The van der Waals surface area contributed by atoms with Crippen molar-refractivity contribution in [3.8, 4) is 11.4 Å². The van der Waals surface area contributed by atoms with Crippen LogP contribution in [0.2, 0.25) is 0 Å². The minimum Gasteiger partial charge on any atom is -0.384 e. The lowest BCUT2D eigenvalue weighted by Gasteiger charge is -2.16. The molecule has 0 aromatic carbocycles. The summed E-state index contributed by atoms with van der Waals surface area (Å²) >= 11 is 1.52. The van der Waals surface area contributed by atoms with E-state index < -0.39 is 17.5 Å². The number of amides is 2. The molecule has 13 heteroatoms. The molecule has 0 saturated carbocycles. The third kappa shape index (κ3) is 4.84. The quantitative estimate of drug-likeness (QED) is 0.275. The van der Waals surface area contributed by atoms with Gasteiger partial charge in [0.25, 0.3) is 11.5 Å². The highest BCUT2D eigenvalue weighted by molar-refractivity contribution is 7.19. The number of nitrogens with one attached hydrogen (secondary N) is 2. The standard InChI is InChI=1S/C28H26N8O4S/c1-13-5-4-6-30-23(13)18-9-20(40-35-18)27(38)34-25-28(39)36-19(7-14(2)24(36)15(3)33-25)26(37)32-12-17-8-16-11-31-22(29)10-21(16)41-17/h4-6,8-11,14,19H,7,12H2,1-3H3,(H2,29,31)(H,32,37)(H,33,34,38)/t14-,19+/m1/s1. The molecule has 2 amide bonds. The molecule has 5 aromatic rings. The van der Waals surface area contributed by atoms with Crippen molar-refractivity contribution >= 4 is 44.9 Å². The molecule has 6 rings (SSSR count). The van der Waals surface area contributed by atoms with Crippen LogP contribution in [0.3, 0.4) is 0 Å². The number of hydrogen-bond acceptors (Lipinski definition) is 10. The number of nitrogens with zero attached hydrogens (tertiary/aromatic N) is 5. The van der Waals surface area contributed by atoms with Gasteiger partial charge in [-0.1, -0.05) is 18.1 Å². The molecule has 1 aliphatic heterocycles. The predicted molar refractivity (Wildman–Crippen MR) is 154 cm³/mol. The van der Waals surface area contributed by atoms with Crippen LogP contribution in [-0.4, -0.2) is 36.5 Å². The first kappa shape index (κ1) is 26.3. The predicted octanol–water partition coefficient (Wildman–Crippen LogP) is 3.72. The second-order valence-corrected chi connectivity index (χ2v) is 11.2. The van der Waals surface area contributed by atoms with Crippen LogP contribution in [0.1, 0.15) is 57.7 Å². The van der Waals surface area contributed by atoms with Gasteiger partial charge in [-0.3, -0.25) is 29.3 Å². The minimum atomic E-state index is -0.749. The summed E-state index contributed by atoms with van der Waals surface area (Å²) in [6.07, 6.45) is 3.76. The number of fused-ring (bicyclic) bond motifs is 2. The summed E-state index contributed by atoms with van der Waals surface area (Å²) in [5.74, 6) is -0.908. The SMILES string of the molecule is Cc1cccnc1-c1cc(C(=O)Nc2nc(C)c3n(c2=O)[C@H](C(=O)NCc2cc4cnc(N)cc4s2)C[C@H]3C)on1. The van der Waals surface area contributed by atoms with E-state index in [1.165, 1.54) is 22.0 Å². The van der Waals surface area contributed by atoms with Crippen molar-refractivity contribution in [1.29, 1.82) is 0 Å². The van der Waals surface area contributed by atoms with E-state index in [9.17, 15) is 14.4 Å². The molecule has 1 aliphatic rings. The largest absolute Gasteiger partial charge is 0.384 e. The molecular weight excluding hydrogens is 544 g/mol. The highest BCUT2D eigenvalue weighted by Crippen LogP contribution is 2.36. The monoisotopic (exact) mass is 570 g/mol. The van der Waals surface area contributed by atoms with Crippen LogP contribution < -0.4 is 21.9 Å². The number of carbonyl (C=O) groups is 2. The van der Waals surface area contributed by atoms with Gasteiger partial charge in [0.15, 0.2) is 5.82 Å². The van der Waals surface area contributed by atoms with Gasteiger partial charge in [-0.15, -0.1) is 11.3 Å². The summed E-state index contributed by atoms with van der Waals surface area (Å²) in [7, 11) is 0. The van der Waals surface area contributed by atoms with E-state index in [0.29, 0.717) is 41.6 Å². The number of nitrogens with two attached hydrogens (primary N) is 1. The van der Waals surface area contributed by atoms with Crippen molar-refractivity contribution in [3.05, 3.63) is 80.7 Å². The molecule has 5 aromatic heterocycles. The fourth-order valence-electron chi connectivity index (χ4n) is 5.23. The third-order valence-electron chi connectivity index (χ3n) is 7.12. The number of anilines is 2. The van der Waals surface area contributed by atoms with Crippen LogP contribution in [0.5, 0.6) is 0 Å². The van der Waals surface area contributed by atoms with Gasteiger partial charge in [0.1, 0.15) is 17.6 Å². The van der Waals surface area contributed by atoms with Crippen LogP contribution in [0, 0.1) is 13.8 Å². The van der Waals surface area contributed by atoms with Crippen LogP contribution in [0.25, 0.3) is 21.5 Å². The second kappa shape index (κ2) is 10.2. The lowest BCUT2D eigenvalue weighted by atomic mass is 10.0. The molecule has 0 aliphatic carbocycles. The van der Waals surface area contributed by atoms with Gasteiger partial charge in [-0.05, 0) is 44.0 Å². The van der Waals surface area contributed by atoms with Crippen molar-refractivity contribution in [1.82, 2.24) is 30.0 Å². The van der Waals surface area contributed by atoms with E-state index in [1.807, 2.05) is 26.0 Å². The van der Waals surface area contributed by atoms with E-state index in [-0.39, 0.29) is 23.4 Å². The number of thiophene rings is 1. The van der Waals surface area contributed by atoms with E-state index in [4.69, 9.17) is 10.3 Å². The smallest absolute Gasteiger partial charge is 0.295 e. The molecule has 2 atom stereocenters. The Morgan fingerprint density at radius 2 is 2.05 bits per heavy atom. The van der Waals surface area contributed by atoms with Gasteiger partial charge in [0, 0.05) is 45.0 Å². The van der Waals surface area contributed by atoms with Gasteiger partial charge in [0.05, 0.1) is 17.9 Å². The van der Waals surface area contributed by atoms with Crippen LogP contribution in [-0.2, 0) is 11.3 Å². The average Bonchev–Trinajstić information content (AvgIpc) is 3.67. The van der Waals surface area contributed by atoms with Gasteiger partial charge in [0.2, 0.25) is 11.7 Å². The second-order valence-electron chi connectivity index (χ2n) is 10.0. The molecule has 0 spiro atoms. The van der Waals surface area contributed by atoms with E-state index in [1.54, 1.807) is 31.5 Å². The van der Waals surface area contributed by atoms with Gasteiger partial charge in [-0.25, -0.2) is 9.97 Å². The Bertz CT molecular complexity index is 1890. The van der Waals surface area contributed by atoms with Crippen LogP contribution in [0.15, 0.2) is 52.0 Å². The summed E-state index contributed by atoms with van der Waals surface area (Å²) in [6.45, 7) is 5.87. The molecule has 6 heterocycles. The molecule has 41 heavy (non-hydrogen) atoms. The van der Waals surface area contributed by atoms with Crippen molar-refractivity contribution in [3.63, 3.8) is 0 Å². The molecule has 208 valence electrons. The Hall–Kier alpha value is -4.91. The van der Waals surface area contributed by atoms with Crippen LogP contribution in [0.4, 0.5) is 11.6 Å². The molecule has 0 saturated heterocycles. The number of aryl methyl sites for hydroxylation is 2. The third-order valence-corrected chi connectivity index (χ3v) is 8.22. The van der Waals surface area contributed by atoms with Crippen molar-refractivity contribution in [2.24, 2.45) is 0 Å². The molecule has 0 fully saturated rings. The maximum absolute atomic E-state index is 13.6. The summed E-state index contributed by atoms with van der Waals surface area (Å²) in [5.41, 5.74) is 8.29. The zero-order chi connectivity index (χ0) is 28.8. The Morgan fingerprint density at radius 1 is 1.22 bits per heavy atom. The Labute approximate surface area is 237 Å². The molecule has 4 N–H and O–H groups in total. The van der Waals surface area contributed by atoms with E-state index in [2.05, 4.69) is 30.7 Å². The first-order valence-corrected chi connectivity index (χ1v) is 13.8. The number of carbonyl (C=O) groups excluding carboxylic acids is 2. The lowest BCUT2D eigenvalue weighted by Crippen LogP contribution is -2.37. The fraction of sp³-hybridized carbons (Fsp3) is 0.250. The van der Waals surface area contributed by atoms with Gasteiger partial charge >= 0.3 is 0 Å². The number of nitrogen functional groups attached to an aromatic ring is 1. The molecule has 0 unspecified atom stereocenters. The summed E-state index contributed by atoms with van der Waals surface area (Å²) < 4.78 is 7.66. The minimum absolute atomic E-state index is 0.0764. The van der Waals surface area contributed by atoms with Crippen molar-refractivity contribution < 1.29 is 14.1 Å². The summed E-state index contributed by atoms with van der Waals surface area (Å²) in [6, 6.07) is 8.13. The van der Waals surface area contributed by atoms with Gasteiger partial charge < -0.3 is 15.6 Å². The van der Waals surface area contributed by atoms with E-state index in [0.717, 1.165) is 20.5 Å². The lowest BCUT2D eigenvalue weighted by molar-refractivity contribution is -0.124. The number of pyridine rings is 2. The molecule has 0 bridgehead atoms. The van der Waals surface area contributed by atoms with E-state index >= 15 is 0 Å². The van der Waals surface area contributed by atoms with Crippen molar-refractivity contribution in [2.45, 2.75) is 45.7 Å². The molecular formula is C28H26N8O4S. The highest BCUT2D eigenvalue weighted by atomic mass is 32.1. The maximum atomic E-state index is 13.6. The first-order valence-electron chi connectivity index (χ1n) is 12.9. The Balaban J connectivity index is 1.23. The number of aromatic nitrogens is 5. The molecule has 12 nitrogen and oxygen atoms in total. The molecule has 0 radical (unpaired) electrons. The average molecular weight is 571 g/mol. The zero-order valence-electron chi connectivity index (χ0n) is 22.5. The summed E-state index contributed by atoms with van der Waals surface area (Å²) in [4.78, 5) is 53.6. The zero-order valence-corrected chi connectivity index (χ0v) is 23.3. The number of hydrogen-bond donors (Lipinski definition) is 3.